The fourth-order valence-corrected chi connectivity index (χ4v) is 2.85. The second-order valence-corrected chi connectivity index (χ2v) is 7.35. The molecule has 2 rings (SSSR count). The summed E-state index contributed by atoms with van der Waals surface area (Å²) in [5, 5.41) is 2.84. The molecule has 1 aliphatic heterocycles. The number of benzene rings is 1. The van der Waals surface area contributed by atoms with Gasteiger partial charge in [-0.15, -0.1) is 0 Å². The number of amides is 2. The second kappa shape index (κ2) is 7.20. The van der Waals surface area contributed by atoms with Crippen molar-refractivity contribution in [3.05, 3.63) is 29.6 Å². The van der Waals surface area contributed by atoms with Gasteiger partial charge in [0.25, 0.3) is 0 Å². The van der Waals surface area contributed by atoms with Crippen molar-refractivity contribution in [3.63, 3.8) is 0 Å². The van der Waals surface area contributed by atoms with Crippen LogP contribution in [0.15, 0.2) is 18.2 Å². The molecule has 1 aliphatic rings. The molecule has 24 heavy (non-hydrogen) atoms. The number of nitrogens with zero attached hydrogens (tertiary/aromatic N) is 2. The molecular weight excluding hydrogens is 309 g/mol. The largest absolute Gasteiger partial charge is 0.362 e. The Hall–Kier alpha value is -2.11. The average molecular weight is 335 g/mol. The van der Waals surface area contributed by atoms with Crippen molar-refractivity contribution in [1.29, 1.82) is 0 Å². The molecule has 0 spiro atoms. The maximum absolute atomic E-state index is 13.4. The Morgan fingerprint density at radius 1 is 1.33 bits per heavy atom. The monoisotopic (exact) mass is 335 g/mol. The van der Waals surface area contributed by atoms with E-state index in [4.69, 9.17) is 0 Å². The summed E-state index contributed by atoms with van der Waals surface area (Å²) in [6, 6.07) is 4.68. The summed E-state index contributed by atoms with van der Waals surface area (Å²) in [4.78, 5) is 27.7. The van der Waals surface area contributed by atoms with Gasteiger partial charge in [0.1, 0.15) is 5.82 Å². The summed E-state index contributed by atoms with van der Waals surface area (Å²) in [7, 11) is 1.63. The highest BCUT2D eigenvalue weighted by molar-refractivity contribution is 5.87. The molecular formula is C18H26FN3O2. The van der Waals surface area contributed by atoms with Crippen molar-refractivity contribution in [2.45, 2.75) is 39.2 Å². The fourth-order valence-electron chi connectivity index (χ4n) is 2.85. The van der Waals surface area contributed by atoms with Crippen LogP contribution in [0.5, 0.6) is 0 Å². The number of likely N-dealkylation sites (N-methyl/N-ethyl adjacent to an activating group) is 1. The van der Waals surface area contributed by atoms with E-state index in [-0.39, 0.29) is 36.3 Å². The molecule has 6 heteroatoms. The first-order valence-electron chi connectivity index (χ1n) is 8.24. The van der Waals surface area contributed by atoms with E-state index >= 15 is 0 Å². The van der Waals surface area contributed by atoms with E-state index < -0.39 is 0 Å². The van der Waals surface area contributed by atoms with Crippen molar-refractivity contribution in [3.8, 4) is 0 Å². The summed E-state index contributed by atoms with van der Waals surface area (Å²) < 4.78 is 13.4. The van der Waals surface area contributed by atoms with Crippen LogP contribution < -0.4 is 10.2 Å². The number of hydrogen-bond acceptors (Lipinski definition) is 3. The van der Waals surface area contributed by atoms with Crippen LogP contribution in [0, 0.1) is 5.82 Å². The number of aryl methyl sites for hydroxylation is 1. The smallest absolute Gasteiger partial charge is 0.242 e. The number of carbonyl (C=O) groups is 2. The summed E-state index contributed by atoms with van der Waals surface area (Å²) in [6.07, 6.45) is 1.71. The van der Waals surface area contributed by atoms with Gasteiger partial charge in [0.05, 0.1) is 13.1 Å². The minimum Gasteiger partial charge on any atom is -0.362 e. The normalized spacial score (nSPS) is 14.1. The predicted molar refractivity (Wildman–Crippen MR) is 92.5 cm³/mol. The van der Waals surface area contributed by atoms with Crippen molar-refractivity contribution in [1.82, 2.24) is 10.2 Å². The van der Waals surface area contributed by atoms with E-state index in [0.717, 1.165) is 30.6 Å². The predicted octanol–water partition coefficient (Wildman–Crippen LogP) is 1.95. The lowest BCUT2D eigenvalue weighted by Crippen LogP contribution is -2.48. The van der Waals surface area contributed by atoms with Crippen LogP contribution in [0.4, 0.5) is 10.1 Å². The van der Waals surface area contributed by atoms with Gasteiger partial charge in [-0.3, -0.25) is 9.59 Å². The van der Waals surface area contributed by atoms with Gasteiger partial charge in [0.2, 0.25) is 11.8 Å². The van der Waals surface area contributed by atoms with Gasteiger partial charge in [-0.05, 0) is 57.4 Å². The molecule has 1 N–H and O–H groups in total. The Bertz CT molecular complexity index is 625. The van der Waals surface area contributed by atoms with Gasteiger partial charge in [-0.1, -0.05) is 0 Å². The van der Waals surface area contributed by atoms with Crippen molar-refractivity contribution >= 4 is 17.5 Å². The third-order valence-electron chi connectivity index (χ3n) is 3.90. The minimum atomic E-state index is -0.323. The quantitative estimate of drug-likeness (QED) is 0.915. The summed E-state index contributed by atoms with van der Waals surface area (Å²) in [5.74, 6) is -0.561. The molecule has 0 saturated heterocycles. The van der Waals surface area contributed by atoms with Gasteiger partial charge < -0.3 is 15.1 Å². The van der Waals surface area contributed by atoms with E-state index in [1.54, 1.807) is 13.1 Å². The van der Waals surface area contributed by atoms with E-state index in [0.29, 0.717) is 0 Å². The Morgan fingerprint density at radius 3 is 2.71 bits per heavy atom. The zero-order valence-corrected chi connectivity index (χ0v) is 14.9. The molecule has 132 valence electrons. The lowest BCUT2D eigenvalue weighted by molar-refractivity contribution is -0.134. The SMILES string of the molecule is CN(CC(=O)NC(C)(C)C)C(=O)CN1CCCc2cc(F)ccc21. The maximum Gasteiger partial charge on any atom is 0.242 e. The molecule has 0 saturated carbocycles. The topological polar surface area (TPSA) is 52.7 Å². The first-order valence-corrected chi connectivity index (χ1v) is 8.24. The van der Waals surface area contributed by atoms with E-state index in [9.17, 15) is 14.0 Å². The maximum atomic E-state index is 13.4. The number of hydrogen-bond donors (Lipinski definition) is 1. The molecule has 0 unspecified atom stereocenters. The highest BCUT2D eigenvalue weighted by atomic mass is 19.1. The van der Waals surface area contributed by atoms with Gasteiger partial charge in [0.15, 0.2) is 0 Å². The Labute approximate surface area is 142 Å². The van der Waals surface area contributed by atoms with E-state index in [1.165, 1.54) is 17.0 Å². The molecule has 0 radical (unpaired) electrons. The van der Waals surface area contributed by atoms with Crippen LogP contribution in [0.2, 0.25) is 0 Å². The standard InChI is InChI=1S/C18H26FN3O2/c1-18(2,3)20-16(23)11-21(4)17(24)12-22-9-5-6-13-10-14(19)7-8-15(13)22/h7-8,10H,5-6,9,11-12H2,1-4H3,(H,20,23). The van der Waals surface area contributed by atoms with Gasteiger partial charge >= 0.3 is 0 Å². The summed E-state index contributed by atoms with van der Waals surface area (Å²) >= 11 is 0. The Kier molecular flexibility index (Phi) is 5.47. The molecule has 1 heterocycles. The minimum absolute atomic E-state index is 0.0280. The van der Waals surface area contributed by atoms with Crippen molar-refractivity contribution in [2.75, 3.05) is 31.6 Å². The summed E-state index contributed by atoms with van der Waals surface area (Å²) in [5.41, 5.74) is 1.52. The van der Waals surface area contributed by atoms with Gasteiger partial charge in [-0.25, -0.2) is 4.39 Å². The van der Waals surface area contributed by atoms with E-state index in [1.807, 2.05) is 25.7 Å². The van der Waals surface area contributed by atoms with Gasteiger partial charge in [0, 0.05) is 24.8 Å². The van der Waals surface area contributed by atoms with Crippen LogP contribution >= 0.6 is 0 Å². The molecule has 2 amide bonds. The van der Waals surface area contributed by atoms with Gasteiger partial charge in [-0.2, -0.15) is 0 Å². The lowest BCUT2D eigenvalue weighted by atomic mass is 10.0. The molecule has 1 aromatic rings. The number of rotatable bonds is 4. The molecule has 0 bridgehead atoms. The average Bonchev–Trinajstić information content (AvgIpc) is 2.44. The first-order chi connectivity index (χ1) is 11.2. The highest BCUT2D eigenvalue weighted by Crippen LogP contribution is 2.27. The number of anilines is 1. The van der Waals surface area contributed by atoms with Crippen LogP contribution in [0.3, 0.4) is 0 Å². The van der Waals surface area contributed by atoms with E-state index in [2.05, 4.69) is 5.32 Å². The second-order valence-electron chi connectivity index (χ2n) is 7.35. The third-order valence-corrected chi connectivity index (χ3v) is 3.90. The van der Waals surface area contributed by atoms with Crippen LogP contribution in [-0.4, -0.2) is 48.9 Å². The lowest BCUT2D eigenvalue weighted by Gasteiger charge is -2.32. The molecule has 5 nitrogen and oxygen atoms in total. The fraction of sp³-hybridized carbons (Fsp3) is 0.556. The highest BCUT2D eigenvalue weighted by Gasteiger charge is 2.23. The molecule has 0 aromatic heterocycles. The number of nitrogens with one attached hydrogen (secondary N) is 1. The third kappa shape index (κ3) is 4.94. The van der Waals surface area contributed by atoms with Crippen molar-refractivity contribution in [2.24, 2.45) is 0 Å². The molecule has 0 fully saturated rings. The van der Waals surface area contributed by atoms with Crippen LogP contribution in [0.1, 0.15) is 32.8 Å². The number of halogens is 1. The summed E-state index contributed by atoms with van der Waals surface area (Å²) in [6.45, 7) is 6.67. The van der Waals surface area contributed by atoms with Crippen LogP contribution in [0.25, 0.3) is 0 Å². The Balaban J connectivity index is 1.97. The molecule has 0 aliphatic carbocycles. The van der Waals surface area contributed by atoms with Crippen molar-refractivity contribution < 1.29 is 14.0 Å². The molecule has 0 atom stereocenters. The number of carbonyl (C=O) groups excluding carboxylic acids is 2. The zero-order chi connectivity index (χ0) is 17.9. The number of fused-ring (bicyclic) bond motifs is 1. The van der Waals surface area contributed by atoms with Crippen LogP contribution in [-0.2, 0) is 16.0 Å². The zero-order valence-electron chi connectivity index (χ0n) is 14.9. The Morgan fingerprint density at radius 2 is 2.04 bits per heavy atom. The molecule has 1 aromatic carbocycles. The first kappa shape index (κ1) is 18.2.